The maximum atomic E-state index is 5.69. The molecule has 1 rings (SSSR count). The van der Waals surface area contributed by atoms with Gasteiger partial charge in [0.2, 0.25) is 0 Å². The topological polar surface area (TPSA) is 68.2 Å². The van der Waals surface area contributed by atoms with Gasteiger partial charge in [0.1, 0.15) is 11.6 Å². The molecule has 0 bridgehead atoms. The normalized spacial score (nSPS) is 12.4. The van der Waals surface area contributed by atoms with Crippen molar-refractivity contribution in [1.82, 2.24) is 4.98 Å². The molecule has 1 atom stereocenters. The van der Waals surface area contributed by atoms with E-state index in [-0.39, 0.29) is 0 Å². The van der Waals surface area contributed by atoms with Gasteiger partial charge in [-0.2, -0.15) is 11.8 Å². The van der Waals surface area contributed by atoms with Crippen molar-refractivity contribution in [3.8, 4) is 0 Å². The molecule has 5 heteroatoms. The molecule has 0 aliphatic carbocycles. The van der Waals surface area contributed by atoms with Crippen LogP contribution in [0.2, 0.25) is 0 Å². The van der Waals surface area contributed by atoms with E-state index in [2.05, 4.69) is 23.1 Å². The fourth-order valence-electron chi connectivity index (χ4n) is 1.38. The van der Waals surface area contributed by atoms with Gasteiger partial charge >= 0.3 is 0 Å². The van der Waals surface area contributed by atoms with Gasteiger partial charge in [-0.25, -0.2) is 4.98 Å². The van der Waals surface area contributed by atoms with Crippen LogP contribution in [0.4, 0.5) is 17.3 Å². The van der Waals surface area contributed by atoms with Crippen LogP contribution in [0.3, 0.4) is 0 Å². The molecule has 0 fully saturated rings. The van der Waals surface area contributed by atoms with E-state index in [4.69, 9.17) is 11.5 Å². The van der Waals surface area contributed by atoms with E-state index >= 15 is 0 Å². The molecule has 0 saturated carbocycles. The fourth-order valence-corrected chi connectivity index (χ4v) is 1.96. The predicted octanol–water partition coefficient (Wildman–Crippen LogP) is 1.82. The van der Waals surface area contributed by atoms with Crippen LogP contribution >= 0.6 is 11.8 Å². The highest BCUT2D eigenvalue weighted by molar-refractivity contribution is 7.98. The van der Waals surface area contributed by atoms with Crippen molar-refractivity contribution >= 4 is 29.1 Å². The van der Waals surface area contributed by atoms with Gasteiger partial charge in [0.15, 0.2) is 0 Å². The lowest BCUT2D eigenvalue weighted by Gasteiger charge is -2.26. The van der Waals surface area contributed by atoms with E-state index in [1.807, 2.05) is 24.9 Å². The van der Waals surface area contributed by atoms with Gasteiger partial charge in [0.25, 0.3) is 0 Å². The summed E-state index contributed by atoms with van der Waals surface area (Å²) in [4.78, 5) is 6.40. The first-order valence-corrected chi connectivity index (χ1v) is 6.69. The van der Waals surface area contributed by atoms with Gasteiger partial charge in [0.05, 0.1) is 5.69 Å². The third kappa shape index (κ3) is 3.20. The Morgan fingerprint density at radius 3 is 2.69 bits per heavy atom. The number of nitrogen functional groups attached to an aromatic ring is 2. The lowest BCUT2D eigenvalue weighted by Crippen LogP contribution is -2.30. The summed E-state index contributed by atoms with van der Waals surface area (Å²) in [5.41, 5.74) is 11.9. The Kier molecular flexibility index (Phi) is 4.73. The van der Waals surface area contributed by atoms with Gasteiger partial charge < -0.3 is 16.4 Å². The largest absolute Gasteiger partial charge is 0.396 e. The number of pyridine rings is 1. The standard InChI is InChI=1S/C11H20N4S/c1-8(6-7-16-3)15(2)10-5-4-9(12)11(13)14-10/h4-5,8H,6-7,12H2,1-3H3,(H2,13,14). The highest BCUT2D eigenvalue weighted by Crippen LogP contribution is 2.20. The molecule has 16 heavy (non-hydrogen) atoms. The molecule has 4 N–H and O–H groups in total. The van der Waals surface area contributed by atoms with Crippen LogP contribution < -0.4 is 16.4 Å². The van der Waals surface area contributed by atoms with E-state index in [9.17, 15) is 0 Å². The Morgan fingerprint density at radius 2 is 2.12 bits per heavy atom. The second kappa shape index (κ2) is 5.84. The number of nitrogens with two attached hydrogens (primary N) is 2. The van der Waals surface area contributed by atoms with Crippen LogP contribution in [0.1, 0.15) is 13.3 Å². The zero-order chi connectivity index (χ0) is 12.1. The molecule has 1 aromatic rings. The monoisotopic (exact) mass is 240 g/mol. The maximum Gasteiger partial charge on any atom is 0.149 e. The summed E-state index contributed by atoms with van der Waals surface area (Å²) in [5, 5.41) is 0. The molecule has 0 aromatic carbocycles. The second-order valence-corrected chi connectivity index (χ2v) is 4.87. The molecule has 1 aromatic heterocycles. The van der Waals surface area contributed by atoms with Crippen LogP contribution in [-0.4, -0.2) is 30.1 Å². The van der Waals surface area contributed by atoms with Crippen LogP contribution in [0, 0.1) is 0 Å². The summed E-state index contributed by atoms with van der Waals surface area (Å²) in [6, 6.07) is 4.15. The summed E-state index contributed by atoms with van der Waals surface area (Å²) in [6.07, 6.45) is 3.25. The minimum atomic E-state index is 0.404. The van der Waals surface area contributed by atoms with E-state index in [1.54, 1.807) is 6.07 Å². The Hall–Kier alpha value is -1.10. The average Bonchev–Trinajstić information content (AvgIpc) is 2.28. The highest BCUT2D eigenvalue weighted by Gasteiger charge is 2.11. The van der Waals surface area contributed by atoms with Crippen molar-refractivity contribution in [2.24, 2.45) is 0 Å². The zero-order valence-electron chi connectivity index (χ0n) is 10.1. The third-order valence-corrected chi connectivity index (χ3v) is 3.35. The van der Waals surface area contributed by atoms with Crippen molar-refractivity contribution in [1.29, 1.82) is 0 Å². The number of aromatic nitrogens is 1. The molecule has 0 saturated heterocycles. The summed E-state index contributed by atoms with van der Waals surface area (Å²) >= 11 is 1.86. The van der Waals surface area contributed by atoms with Crippen molar-refractivity contribution in [3.63, 3.8) is 0 Å². The molecular formula is C11H20N4S. The van der Waals surface area contributed by atoms with E-state index in [0.717, 1.165) is 18.0 Å². The molecule has 1 unspecified atom stereocenters. The Labute approximate surface area is 101 Å². The zero-order valence-corrected chi connectivity index (χ0v) is 10.9. The maximum absolute atomic E-state index is 5.69. The van der Waals surface area contributed by atoms with Crippen LogP contribution in [0.5, 0.6) is 0 Å². The van der Waals surface area contributed by atoms with Gasteiger partial charge in [-0.05, 0) is 37.5 Å². The number of anilines is 3. The summed E-state index contributed by atoms with van der Waals surface area (Å²) in [7, 11) is 2.03. The quantitative estimate of drug-likeness (QED) is 0.821. The molecule has 0 aliphatic heterocycles. The predicted molar refractivity (Wildman–Crippen MR) is 73.9 cm³/mol. The van der Waals surface area contributed by atoms with Gasteiger partial charge in [0, 0.05) is 13.1 Å². The van der Waals surface area contributed by atoms with Crippen LogP contribution in [-0.2, 0) is 0 Å². The first-order chi connectivity index (χ1) is 7.56. The van der Waals surface area contributed by atoms with E-state index in [1.165, 1.54) is 0 Å². The molecule has 0 spiro atoms. The molecular weight excluding hydrogens is 220 g/mol. The van der Waals surface area contributed by atoms with Crippen molar-refractivity contribution in [3.05, 3.63) is 12.1 Å². The average molecular weight is 240 g/mol. The second-order valence-electron chi connectivity index (χ2n) is 3.89. The number of rotatable bonds is 5. The van der Waals surface area contributed by atoms with Crippen molar-refractivity contribution < 1.29 is 0 Å². The molecule has 4 nitrogen and oxygen atoms in total. The molecule has 0 amide bonds. The minimum Gasteiger partial charge on any atom is -0.396 e. The summed E-state index contributed by atoms with van der Waals surface area (Å²) in [6.45, 7) is 2.18. The summed E-state index contributed by atoms with van der Waals surface area (Å²) < 4.78 is 0. The molecule has 90 valence electrons. The highest BCUT2D eigenvalue weighted by atomic mass is 32.2. The fraction of sp³-hybridized carbons (Fsp3) is 0.545. The lowest BCUT2D eigenvalue weighted by molar-refractivity contribution is 0.663. The van der Waals surface area contributed by atoms with Crippen molar-refractivity contribution in [2.45, 2.75) is 19.4 Å². The first kappa shape index (κ1) is 13.0. The van der Waals surface area contributed by atoms with Gasteiger partial charge in [-0.15, -0.1) is 0 Å². The molecule has 0 aliphatic rings. The minimum absolute atomic E-state index is 0.404. The van der Waals surface area contributed by atoms with Crippen LogP contribution in [0.25, 0.3) is 0 Å². The van der Waals surface area contributed by atoms with Crippen molar-refractivity contribution in [2.75, 3.05) is 35.4 Å². The Balaban J connectivity index is 2.71. The van der Waals surface area contributed by atoms with Gasteiger partial charge in [-0.3, -0.25) is 0 Å². The molecule has 0 radical (unpaired) electrons. The first-order valence-electron chi connectivity index (χ1n) is 5.30. The lowest BCUT2D eigenvalue weighted by atomic mass is 10.2. The number of hydrogen-bond acceptors (Lipinski definition) is 5. The van der Waals surface area contributed by atoms with Crippen LogP contribution in [0.15, 0.2) is 12.1 Å². The van der Waals surface area contributed by atoms with E-state index in [0.29, 0.717) is 17.5 Å². The van der Waals surface area contributed by atoms with Gasteiger partial charge in [-0.1, -0.05) is 0 Å². The molecule has 1 heterocycles. The third-order valence-electron chi connectivity index (χ3n) is 2.71. The number of thioether (sulfide) groups is 1. The smallest absolute Gasteiger partial charge is 0.149 e. The summed E-state index contributed by atoms with van der Waals surface area (Å²) in [5.74, 6) is 2.43. The number of nitrogens with zero attached hydrogens (tertiary/aromatic N) is 2. The number of hydrogen-bond donors (Lipinski definition) is 2. The Morgan fingerprint density at radius 1 is 1.44 bits per heavy atom. The SMILES string of the molecule is CSCCC(C)N(C)c1ccc(N)c(N)n1. The van der Waals surface area contributed by atoms with E-state index < -0.39 is 0 Å². The Bertz CT molecular complexity index is 343.